The predicted octanol–water partition coefficient (Wildman–Crippen LogP) is 0.590. The number of H-pyrrole nitrogens is 1. The number of anilines is 1. The van der Waals surface area contributed by atoms with Gasteiger partial charge in [0.05, 0.1) is 5.69 Å². The van der Waals surface area contributed by atoms with Gasteiger partial charge in [0.2, 0.25) is 5.82 Å². The number of nitrogen functional groups attached to an aromatic ring is 1. The van der Waals surface area contributed by atoms with Crippen molar-refractivity contribution in [3.8, 4) is 11.7 Å². The zero-order chi connectivity index (χ0) is 10.3. The predicted molar refractivity (Wildman–Crippen MR) is 51.6 cm³/mol. The molecule has 0 spiro atoms. The van der Waals surface area contributed by atoms with Crippen molar-refractivity contribution in [1.29, 1.82) is 0 Å². The number of benzene rings is 1. The van der Waals surface area contributed by atoms with E-state index >= 15 is 0 Å². The summed E-state index contributed by atoms with van der Waals surface area (Å²) in [5.74, 6) is 0.707. The van der Waals surface area contributed by atoms with Crippen molar-refractivity contribution in [1.82, 2.24) is 25.6 Å². The van der Waals surface area contributed by atoms with Gasteiger partial charge < -0.3 is 10.2 Å². The lowest BCUT2D eigenvalue weighted by molar-refractivity contribution is 0.614. The summed E-state index contributed by atoms with van der Waals surface area (Å²) < 4.78 is 5.43. The summed E-state index contributed by atoms with van der Waals surface area (Å²) in [6.45, 7) is 0. The molecule has 0 unspecified atom stereocenters. The van der Waals surface area contributed by atoms with Crippen LogP contribution in [0.15, 0.2) is 22.6 Å². The molecule has 3 aromatic rings. The molecule has 1 aromatic carbocycles. The van der Waals surface area contributed by atoms with Crippen molar-refractivity contribution >= 4 is 16.8 Å². The van der Waals surface area contributed by atoms with Crippen LogP contribution < -0.4 is 5.73 Å². The SMILES string of the molecule is Nc1cccc2nc(-c3nnn[nH]3)oc12. The molecule has 15 heavy (non-hydrogen) atoms. The van der Waals surface area contributed by atoms with Crippen LogP contribution in [-0.2, 0) is 0 Å². The molecular weight excluding hydrogens is 196 g/mol. The molecule has 0 amide bonds. The van der Waals surface area contributed by atoms with Crippen LogP contribution in [0.25, 0.3) is 22.8 Å². The Morgan fingerprint density at radius 2 is 2.27 bits per heavy atom. The molecule has 2 heterocycles. The van der Waals surface area contributed by atoms with Crippen molar-refractivity contribution in [2.24, 2.45) is 0 Å². The largest absolute Gasteiger partial charge is 0.431 e. The van der Waals surface area contributed by atoms with Crippen LogP contribution in [-0.4, -0.2) is 25.6 Å². The summed E-state index contributed by atoms with van der Waals surface area (Å²) in [5.41, 5.74) is 7.49. The van der Waals surface area contributed by atoms with Crippen LogP contribution in [0.1, 0.15) is 0 Å². The summed E-state index contributed by atoms with van der Waals surface area (Å²) >= 11 is 0. The van der Waals surface area contributed by atoms with Crippen molar-refractivity contribution in [3.63, 3.8) is 0 Å². The molecule has 0 bridgehead atoms. The van der Waals surface area contributed by atoms with Gasteiger partial charge in [-0.3, -0.25) is 0 Å². The molecule has 0 aliphatic rings. The number of tetrazole rings is 1. The molecule has 7 nitrogen and oxygen atoms in total. The van der Waals surface area contributed by atoms with Crippen molar-refractivity contribution in [2.45, 2.75) is 0 Å². The first-order valence-corrected chi connectivity index (χ1v) is 4.24. The summed E-state index contributed by atoms with van der Waals surface area (Å²) in [7, 11) is 0. The minimum Gasteiger partial charge on any atom is -0.431 e. The standard InChI is InChI=1S/C8H6N6O/c9-4-2-1-3-5-6(4)15-8(10-5)7-11-13-14-12-7/h1-3H,9H2,(H,11,12,13,14). The highest BCUT2D eigenvalue weighted by molar-refractivity contribution is 5.86. The number of oxazole rings is 1. The molecule has 0 aliphatic heterocycles. The lowest BCUT2D eigenvalue weighted by Gasteiger charge is -1.89. The first-order chi connectivity index (χ1) is 7.34. The highest BCUT2D eigenvalue weighted by atomic mass is 16.4. The minimum atomic E-state index is 0.327. The molecular formula is C8H6N6O. The number of nitrogens with two attached hydrogens (primary N) is 1. The van der Waals surface area contributed by atoms with Gasteiger partial charge in [-0.2, -0.15) is 0 Å². The number of para-hydroxylation sites is 1. The Labute approximate surface area is 83.3 Å². The maximum atomic E-state index is 5.73. The second-order valence-electron chi connectivity index (χ2n) is 2.96. The van der Waals surface area contributed by atoms with Crippen LogP contribution >= 0.6 is 0 Å². The zero-order valence-corrected chi connectivity index (χ0v) is 7.51. The van der Waals surface area contributed by atoms with Gasteiger partial charge >= 0.3 is 0 Å². The molecule has 74 valence electrons. The Morgan fingerprint density at radius 1 is 1.33 bits per heavy atom. The molecule has 7 heteroatoms. The highest BCUT2D eigenvalue weighted by Gasteiger charge is 2.12. The van der Waals surface area contributed by atoms with E-state index in [4.69, 9.17) is 10.2 Å². The number of rotatable bonds is 1. The van der Waals surface area contributed by atoms with Crippen molar-refractivity contribution < 1.29 is 4.42 Å². The third-order valence-corrected chi connectivity index (χ3v) is 1.99. The smallest absolute Gasteiger partial charge is 0.267 e. The molecule has 0 fully saturated rings. The molecule has 0 radical (unpaired) electrons. The van der Waals surface area contributed by atoms with Crippen molar-refractivity contribution in [3.05, 3.63) is 18.2 Å². The van der Waals surface area contributed by atoms with E-state index in [0.29, 0.717) is 28.5 Å². The molecule has 3 rings (SSSR count). The molecule has 2 aromatic heterocycles. The normalized spacial score (nSPS) is 10.9. The van der Waals surface area contributed by atoms with Gasteiger partial charge in [-0.25, -0.2) is 10.1 Å². The lowest BCUT2D eigenvalue weighted by Crippen LogP contribution is -1.82. The Kier molecular flexibility index (Phi) is 1.46. The van der Waals surface area contributed by atoms with Crippen LogP contribution in [0.3, 0.4) is 0 Å². The topological polar surface area (TPSA) is 107 Å². The Hall–Kier alpha value is -2.44. The number of hydrogen-bond acceptors (Lipinski definition) is 6. The maximum absolute atomic E-state index is 5.73. The van der Waals surface area contributed by atoms with E-state index in [1.807, 2.05) is 12.1 Å². The van der Waals surface area contributed by atoms with E-state index in [2.05, 4.69) is 25.6 Å². The van der Waals surface area contributed by atoms with Crippen LogP contribution in [0.5, 0.6) is 0 Å². The van der Waals surface area contributed by atoms with E-state index in [-0.39, 0.29) is 0 Å². The maximum Gasteiger partial charge on any atom is 0.267 e. The highest BCUT2D eigenvalue weighted by Crippen LogP contribution is 2.25. The average Bonchev–Trinajstić information content (AvgIpc) is 2.86. The number of nitrogens with zero attached hydrogens (tertiary/aromatic N) is 4. The monoisotopic (exact) mass is 202 g/mol. The fraction of sp³-hybridized carbons (Fsp3) is 0. The molecule has 0 saturated carbocycles. The number of aromatic amines is 1. The third kappa shape index (κ3) is 1.13. The Balaban J connectivity index is 2.27. The fourth-order valence-corrected chi connectivity index (χ4v) is 1.32. The number of fused-ring (bicyclic) bond motifs is 1. The van der Waals surface area contributed by atoms with Crippen LogP contribution in [0.2, 0.25) is 0 Å². The second kappa shape index (κ2) is 2.77. The first-order valence-electron chi connectivity index (χ1n) is 4.24. The summed E-state index contributed by atoms with van der Waals surface area (Å²) in [4.78, 5) is 4.20. The molecule has 0 saturated heterocycles. The number of nitrogens with one attached hydrogen (secondary N) is 1. The van der Waals surface area contributed by atoms with Gasteiger partial charge in [0.25, 0.3) is 5.89 Å². The van der Waals surface area contributed by atoms with Gasteiger partial charge in [0.15, 0.2) is 5.58 Å². The van der Waals surface area contributed by atoms with Gasteiger partial charge in [0, 0.05) is 0 Å². The lowest BCUT2D eigenvalue weighted by atomic mass is 10.3. The average molecular weight is 202 g/mol. The van der Waals surface area contributed by atoms with Crippen molar-refractivity contribution in [2.75, 3.05) is 5.73 Å². The van der Waals surface area contributed by atoms with E-state index in [1.165, 1.54) is 0 Å². The number of aromatic nitrogens is 5. The zero-order valence-electron chi connectivity index (χ0n) is 7.51. The molecule has 0 aliphatic carbocycles. The van der Waals surface area contributed by atoms with E-state index in [0.717, 1.165) is 0 Å². The first kappa shape index (κ1) is 7.92. The van der Waals surface area contributed by atoms with Gasteiger partial charge in [0.1, 0.15) is 5.52 Å². The van der Waals surface area contributed by atoms with E-state index in [9.17, 15) is 0 Å². The second-order valence-corrected chi connectivity index (χ2v) is 2.96. The quantitative estimate of drug-likeness (QED) is 0.559. The molecule has 3 N–H and O–H groups in total. The Bertz CT molecular complexity index is 599. The summed E-state index contributed by atoms with van der Waals surface area (Å²) in [6, 6.07) is 5.36. The van der Waals surface area contributed by atoms with Crippen LogP contribution in [0.4, 0.5) is 5.69 Å². The number of hydrogen-bond donors (Lipinski definition) is 2. The summed E-state index contributed by atoms with van der Waals surface area (Å²) in [5, 5.41) is 13.1. The fourth-order valence-electron chi connectivity index (χ4n) is 1.32. The van der Waals surface area contributed by atoms with Gasteiger partial charge in [-0.1, -0.05) is 6.07 Å². The van der Waals surface area contributed by atoms with Crippen LogP contribution in [0, 0.1) is 0 Å². The molecule has 0 atom stereocenters. The third-order valence-electron chi connectivity index (χ3n) is 1.99. The minimum absolute atomic E-state index is 0.327. The van der Waals surface area contributed by atoms with Gasteiger partial charge in [-0.15, -0.1) is 5.10 Å². The Morgan fingerprint density at radius 3 is 3.00 bits per heavy atom. The van der Waals surface area contributed by atoms with Gasteiger partial charge in [-0.05, 0) is 22.6 Å². The van der Waals surface area contributed by atoms with E-state index < -0.39 is 0 Å². The van der Waals surface area contributed by atoms with E-state index in [1.54, 1.807) is 6.07 Å². The summed E-state index contributed by atoms with van der Waals surface area (Å²) in [6.07, 6.45) is 0.